The predicted octanol–water partition coefficient (Wildman–Crippen LogP) is 3.72. The van der Waals surface area contributed by atoms with Crippen LogP contribution in [-0.4, -0.2) is 40.0 Å². The second kappa shape index (κ2) is 9.80. The summed E-state index contributed by atoms with van der Waals surface area (Å²) >= 11 is 0. The van der Waals surface area contributed by atoms with Gasteiger partial charge in [-0.1, -0.05) is 30.7 Å². The first-order valence-corrected chi connectivity index (χ1v) is 12.7. The number of hydrogen-bond acceptors (Lipinski definition) is 6. The first kappa shape index (κ1) is 24.2. The van der Waals surface area contributed by atoms with Crippen LogP contribution in [0.2, 0.25) is 0 Å². The molecule has 166 valence electrons. The molecule has 0 bridgehead atoms. The quantitative estimate of drug-likeness (QED) is 0.507. The summed E-state index contributed by atoms with van der Waals surface area (Å²) in [5, 5.41) is 0. The van der Waals surface area contributed by atoms with Crippen molar-refractivity contribution in [3.8, 4) is 11.5 Å². The van der Waals surface area contributed by atoms with Gasteiger partial charge >= 0.3 is 10.1 Å². The number of sulfonamides is 1. The topological polar surface area (TPSA) is 90.0 Å². The van der Waals surface area contributed by atoms with E-state index in [0.29, 0.717) is 12.0 Å². The lowest BCUT2D eigenvalue weighted by atomic mass is 10.2. The van der Waals surface area contributed by atoms with E-state index in [1.54, 1.807) is 36.4 Å². The molecule has 1 atom stereocenters. The smallest absolute Gasteiger partial charge is 0.309 e. The van der Waals surface area contributed by atoms with E-state index in [4.69, 9.17) is 8.92 Å². The molecule has 0 aliphatic heterocycles. The highest BCUT2D eigenvalue weighted by Crippen LogP contribution is 2.31. The molecule has 2 aromatic carbocycles. The highest BCUT2D eigenvalue weighted by molar-refractivity contribution is 7.89. The van der Waals surface area contributed by atoms with Crippen LogP contribution in [-0.2, 0) is 26.7 Å². The number of methoxy groups -OCH3 is 1. The van der Waals surface area contributed by atoms with Crippen LogP contribution < -0.4 is 8.92 Å². The third kappa shape index (κ3) is 5.74. The normalized spacial score (nSPS) is 13.3. The van der Waals surface area contributed by atoms with Crippen molar-refractivity contribution in [2.24, 2.45) is 0 Å². The van der Waals surface area contributed by atoms with E-state index < -0.39 is 20.1 Å². The Kier molecular flexibility index (Phi) is 7.90. The summed E-state index contributed by atoms with van der Waals surface area (Å²) in [5.41, 5.74) is 1.56. The summed E-state index contributed by atoms with van der Waals surface area (Å²) in [6.45, 7) is 7.20. The molecule has 0 radical (unpaired) electrons. The van der Waals surface area contributed by atoms with Crippen LogP contribution in [0, 0.1) is 6.92 Å². The maximum Gasteiger partial charge on any atom is 0.309 e. The second-order valence-electron chi connectivity index (χ2n) is 7.04. The van der Waals surface area contributed by atoms with Gasteiger partial charge in [0.05, 0.1) is 17.8 Å². The van der Waals surface area contributed by atoms with E-state index in [1.165, 1.54) is 24.4 Å². The Bertz CT molecular complexity index is 1060. The van der Waals surface area contributed by atoms with Gasteiger partial charge in [0.15, 0.2) is 11.5 Å². The molecule has 7 nitrogen and oxygen atoms in total. The Morgan fingerprint density at radius 1 is 0.967 bits per heavy atom. The van der Waals surface area contributed by atoms with Gasteiger partial charge in [0.25, 0.3) is 0 Å². The van der Waals surface area contributed by atoms with Gasteiger partial charge in [0, 0.05) is 12.6 Å². The van der Waals surface area contributed by atoms with Crippen molar-refractivity contribution in [1.29, 1.82) is 0 Å². The van der Waals surface area contributed by atoms with E-state index >= 15 is 0 Å². The minimum absolute atomic E-state index is 0.0358. The third-order valence-electron chi connectivity index (χ3n) is 4.85. The molecular weight excluding hydrogens is 426 g/mol. The molecule has 0 N–H and O–H groups in total. The van der Waals surface area contributed by atoms with Crippen molar-refractivity contribution in [3.63, 3.8) is 0 Å². The average Bonchev–Trinajstić information content (AvgIpc) is 2.71. The maximum absolute atomic E-state index is 13.3. The van der Waals surface area contributed by atoms with E-state index in [9.17, 15) is 16.8 Å². The standard InChI is InChI=1S/C21H29NO6S2/c1-6-17(4)22(30(25,26)19-11-8-16(3)9-12-19)15-18-10-13-20(27-5)21(14-18)28-29(23,24)7-2/h8-14,17H,6-7,15H2,1-5H3/t17-/m1/s1. The molecule has 0 heterocycles. The van der Waals surface area contributed by atoms with Crippen molar-refractivity contribution in [3.05, 3.63) is 53.6 Å². The number of nitrogens with zero attached hydrogens (tertiary/aromatic N) is 1. The van der Waals surface area contributed by atoms with Crippen LogP contribution in [0.4, 0.5) is 0 Å². The van der Waals surface area contributed by atoms with Crippen LogP contribution in [0.5, 0.6) is 11.5 Å². The van der Waals surface area contributed by atoms with E-state index in [-0.39, 0.29) is 34.7 Å². The van der Waals surface area contributed by atoms with E-state index in [1.807, 2.05) is 20.8 Å². The largest absolute Gasteiger partial charge is 0.493 e. The van der Waals surface area contributed by atoms with Gasteiger partial charge < -0.3 is 8.92 Å². The summed E-state index contributed by atoms with van der Waals surface area (Å²) in [7, 11) is -6.10. The molecule has 0 fully saturated rings. The van der Waals surface area contributed by atoms with Crippen molar-refractivity contribution in [2.75, 3.05) is 12.9 Å². The van der Waals surface area contributed by atoms with Gasteiger partial charge in [-0.05, 0) is 57.0 Å². The zero-order valence-electron chi connectivity index (χ0n) is 18.0. The Morgan fingerprint density at radius 3 is 2.13 bits per heavy atom. The minimum atomic E-state index is -3.76. The van der Waals surface area contributed by atoms with Crippen LogP contribution in [0.1, 0.15) is 38.3 Å². The summed E-state index contributed by atoms with van der Waals surface area (Å²) in [6.07, 6.45) is 0.620. The van der Waals surface area contributed by atoms with Crippen molar-refractivity contribution < 1.29 is 25.8 Å². The molecular formula is C21H29NO6S2. The zero-order chi connectivity index (χ0) is 22.5. The van der Waals surface area contributed by atoms with Gasteiger partial charge in [-0.15, -0.1) is 0 Å². The van der Waals surface area contributed by atoms with Crippen molar-refractivity contribution >= 4 is 20.1 Å². The molecule has 9 heteroatoms. The van der Waals surface area contributed by atoms with Crippen LogP contribution in [0.25, 0.3) is 0 Å². The predicted molar refractivity (Wildman–Crippen MR) is 117 cm³/mol. The first-order chi connectivity index (χ1) is 14.0. The van der Waals surface area contributed by atoms with Crippen molar-refractivity contribution in [1.82, 2.24) is 4.31 Å². The molecule has 0 aliphatic carbocycles. The number of rotatable bonds is 10. The number of hydrogen-bond donors (Lipinski definition) is 0. The lowest BCUT2D eigenvalue weighted by Crippen LogP contribution is -2.37. The molecule has 0 amide bonds. The molecule has 2 aromatic rings. The van der Waals surface area contributed by atoms with E-state index in [0.717, 1.165) is 5.56 Å². The maximum atomic E-state index is 13.3. The van der Waals surface area contributed by atoms with Gasteiger partial charge in [-0.25, -0.2) is 8.42 Å². The first-order valence-electron chi connectivity index (χ1n) is 9.71. The molecule has 0 aromatic heterocycles. The molecule has 0 spiro atoms. The molecule has 0 saturated heterocycles. The third-order valence-corrected chi connectivity index (χ3v) is 7.96. The summed E-state index contributed by atoms with van der Waals surface area (Å²) in [4.78, 5) is 0.215. The second-order valence-corrected chi connectivity index (χ2v) is 10.8. The molecule has 0 aliphatic rings. The fraction of sp³-hybridized carbons (Fsp3) is 0.429. The number of benzene rings is 2. The number of ether oxygens (including phenoxy) is 1. The highest BCUT2D eigenvalue weighted by Gasteiger charge is 2.29. The Labute approximate surface area is 179 Å². The average molecular weight is 456 g/mol. The van der Waals surface area contributed by atoms with Crippen molar-refractivity contribution in [2.45, 2.75) is 51.6 Å². The summed E-state index contributed by atoms with van der Waals surface area (Å²) in [6, 6.07) is 11.2. The summed E-state index contributed by atoms with van der Waals surface area (Å²) < 4.78 is 62.2. The zero-order valence-corrected chi connectivity index (χ0v) is 19.6. The molecule has 30 heavy (non-hydrogen) atoms. The van der Waals surface area contributed by atoms with Gasteiger partial charge in [-0.3, -0.25) is 0 Å². The monoisotopic (exact) mass is 455 g/mol. The lowest BCUT2D eigenvalue weighted by Gasteiger charge is -2.28. The van der Waals surface area contributed by atoms with Crippen LogP contribution in [0.3, 0.4) is 0 Å². The Hall–Kier alpha value is -2.10. The molecule has 0 unspecified atom stereocenters. The SMILES string of the molecule is CC[C@@H](C)N(Cc1ccc(OC)c(OS(=O)(=O)CC)c1)S(=O)(=O)c1ccc(C)cc1. The van der Waals surface area contributed by atoms with Gasteiger partial charge in [-0.2, -0.15) is 12.7 Å². The Balaban J connectivity index is 2.45. The fourth-order valence-corrected chi connectivity index (χ4v) is 5.00. The van der Waals surface area contributed by atoms with Crippen LogP contribution >= 0.6 is 0 Å². The molecule has 0 saturated carbocycles. The molecule has 2 rings (SSSR count). The number of aryl methyl sites for hydroxylation is 1. The Morgan fingerprint density at radius 2 is 1.60 bits per heavy atom. The van der Waals surface area contributed by atoms with E-state index in [2.05, 4.69) is 0 Å². The van der Waals surface area contributed by atoms with Gasteiger partial charge in [0.2, 0.25) is 10.0 Å². The highest BCUT2D eigenvalue weighted by atomic mass is 32.2. The fourth-order valence-electron chi connectivity index (χ4n) is 2.79. The minimum Gasteiger partial charge on any atom is -0.493 e. The van der Waals surface area contributed by atoms with Gasteiger partial charge in [0.1, 0.15) is 0 Å². The summed E-state index contributed by atoms with van der Waals surface area (Å²) in [5.74, 6) is 0.0993. The van der Waals surface area contributed by atoms with Crippen LogP contribution in [0.15, 0.2) is 47.4 Å². The lowest BCUT2D eigenvalue weighted by molar-refractivity contribution is 0.322.